The Bertz CT molecular complexity index is 644. The lowest BCUT2D eigenvalue weighted by atomic mass is 9.78. The molecule has 1 aliphatic rings. The summed E-state index contributed by atoms with van der Waals surface area (Å²) in [4.78, 5) is 15.5. The molecule has 3 nitrogen and oxygen atoms in total. The predicted molar refractivity (Wildman–Crippen MR) is 69.1 cm³/mol. The van der Waals surface area contributed by atoms with Gasteiger partial charge in [0.15, 0.2) is 0 Å². The third kappa shape index (κ3) is 2.12. The fourth-order valence-electron chi connectivity index (χ4n) is 2.74. The lowest BCUT2D eigenvalue weighted by molar-refractivity contribution is -0.125. The molecule has 0 amide bonds. The summed E-state index contributed by atoms with van der Waals surface area (Å²) in [6.07, 6.45) is 3.14. The number of benzene rings is 1. The molecule has 4 heteroatoms. The third-order valence-corrected chi connectivity index (χ3v) is 3.84. The van der Waals surface area contributed by atoms with Crippen LogP contribution in [0.15, 0.2) is 30.5 Å². The molecule has 0 radical (unpaired) electrons. The minimum absolute atomic E-state index is 0.175. The van der Waals surface area contributed by atoms with Crippen molar-refractivity contribution >= 4 is 16.7 Å². The van der Waals surface area contributed by atoms with Crippen molar-refractivity contribution in [1.29, 1.82) is 0 Å². The van der Waals surface area contributed by atoms with Gasteiger partial charge in [-0.2, -0.15) is 0 Å². The molecule has 1 fully saturated rings. The first-order chi connectivity index (χ1) is 9.08. The first kappa shape index (κ1) is 12.2. The number of hydrogen-bond acceptors (Lipinski definition) is 3. The summed E-state index contributed by atoms with van der Waals surface area (Å²) < 4.78 is 13.4. The number of nitrogens with zero attached hydrogens (tertiary/aromatic N) is 1. The summed E-state index contributed by atoms with van der Waals surface area (Å²) in [5.74, 6) is -0.175. The molecule has 1 saturated carbocycles. The Hall–Kier alpha value is -1.81. The number of ketones is 1. The zero-order valence-electron chi connectivity index (χ0n) is 10.4. The van der Waals surface area contributed by atoms with Gasteiger partial charge < -0.3 is 5.11 Å². The van der Waals surface area contributed by atoms with Gasteiger partial charge in [-0.1, -0.05) is 0 Å². The van der Waals surface area contributed by atoms with Crippen molar-refractivity contribution < 1.29 is 14.3 Å². The molecular weight excluding hydrogens is 245 g/mol. The molecule has 98 valence electrons. The van der Waals surface area contributed by atoms with Crippen molar-refractivity contribution in [3.63, 3.8) is 0 Å². The molecule has 1 aromatic carbocycles. The van der Waals surface area contributed by atoms with E-state index >= 15 is 0 Å². The van der Waals surface area contributed by atoms with Gasteiger partial charge in [0, 0.05) is 24.4 Å². The molecule has 19 heavy (non-hydrogen) atoms. The first-order valence-electron chi connectivity index (χ1n) is 6.37. The van der Waals surface area contributed by atoms with E-state index in [4.69, 9.17) is 0 Å². The summed E-state index contributed by atoms with van der Waals surface area (Å²) in [5, 5.41) is 11.4. The Morgan fingerprint density at radius 1 is 1.21 bits per heavy atom. The van der Waals surface area contributed by atoms with Gasteiger partial charge in [-0.15, -0.1) is 0 Å². The second kappa shape index (κ2) is 4.38. The molecule has 0 spiro atoms. The molecule has 2 aromatic rings. The molecule has 0 aliphatic heterocycles. The van der Waals surface area contributed by atoms with Crippen LogP contribution in [0.4, 0.5) is 4.39 Å². The van der Waals surface area contributed by atoms with Crippen LogP contribution in [0.3, 0.4) is 0 Å². The molecular formula is C15H14FNO2. The van der Waals surface area contributed by atoms with Crippen molar-refractivity contribution in [2.75, 3.05) is 0 Å². The first-order valence-corrected chi connectivity index (χ1v) is 6.37. The van der Waals surface area contributed by atoms with Crippen molar-refractivity contribution in [3.8, 4) is 0 Å². The van der Waals surface area contributed by atoms with Crippen LogP contribution in [-0.4, -0.2) is 15.9 Å². The zero-order valence-corrected chi connectivity index (χ0v) is 10.4. The molecule has 3 rings (SSSR count). The number of aliphatic hydroxyl groups is 1. The van der Waals surface area contributed by atoms with E-state index in [2.05, 4.69) is 4.98 Å². The average molecular weight is 259 g/mol. The minimum Gasteiger partial charge on any atom is -0.385 e. The number of halogens is 1. The van der Waals surface area contributed by atoms with E-state index in [1.807, 2.05) is 0 Å². The Kier molecular flexibility index (Phi) is 2.82. The molecule has 1 aliphatic carbocycles. The average Bonchev–Trinajstić information content (AvgIpc) is 2.41. The third-order valence-electron chi connectivity index (χ3n) is 3.84. The minimum atomic E-state index is -1.05. The van der Waals surface area contributed by atoms with Gasteiger partial charge in [-0.05, 0) is 42.7 Å². The topological polar surface area (TPSA) is 50.2 Å². The molecule has 1 aromatic heterocycles. The lowest BCUT2D eigenvalue weighted by Crippen LogP contribution is -2.31. The summed E-state index contributed by atoms with van der Waals surface area (Å²) >= 11 is 0. The fourth-order valence-corrected chi connectivity index (χ4v) is 2.74. The fraction of sp³-hybridized carbons (Fsp3) is 0.333. The zero-order chi connectivity index (χ0) is 13.5. The van der Waals surface area contributed by atoms with Crippen molar-refractivity contribution in [2.24, 2.45) is 0 Å². The van der Waals surface area contributed by atoms with E-state index in [0.29, 0.717) is 42.1 Å². The van der Waals surface area contributed by atoms with E-state index in [0.717, 1.165) is 0 Å². The molecule has 0 saturated heterocycles. The van der Waals surface area contributed by atoms with Crippen LogP contribution < -0.4 is 0 Å². The summed E-state index contributed by atoms with van der Waals surface area (Å²) in [5.41, 5.74) is 0.275. The molecule has 0 bridgehead atoms. The van der Waals surface area contributed by atoms with E-state index < -0.39 is 5.60 Å². The van der Waals surface area contributed by atoms with Gasteiger partial charge in [0.25, 0.3) is 0 Å². The van der Waals surface area contributed by atoms with Crippen LogP contribution in [-0.2, 0) is 10.4 Å². The number of fused-ring (bicyclic) bond motifs is 1. The van der Waals surface area contributed by atoms with Gasteiger partial charge in [0.2, 0.25) is 0 Å². The highest BCUT2D eigenvalue weighted by molar-refractivity contribution is 5.84. The van der Waals surface area contributed by atoms with Crippen molar-refractivity contribution in [2.45, 2.75) is 31.3 Å². The van der Waals surface area contributed by atoms with Gasteiger partial charge >= 0.3 is 0 Å². The quantitative estimate of drug-likeness (QED) is 0.856. The van der Waals surface area contributed by atoms with E-state index in [9.17, 15) is 14.3 Å². The van der Waals surface area contributed by atoms with E-state index in [-0.39, 0.29) is 11.6 Å². The number of carbonyl (C=O) groups excluding carboxylic acids is 1. The Balaban J connectivity index is 2.14. The van der Waals surface area contributed by atoms with Crippen LogP contribution in [0.1, 0.15) is 31.2 Å². The molecule has 0 atom stereocenters. The molecule has 0 unspecified atom stereocenters. The molecule has 1 heterocycles. The van der Waals surface area contributed by atoms with E-state index in [1.54, 1.807) is 18.3 Å². The van der Waals surface area contributed by atoms with Crippen molar-refractivity contribution in [3.05, 3.63) is 41.8 Å². The normalized spacial score (nSPS) is 18.7. The number of hydrogen-bond donors (Lipinski definition) is 1. The highest BCUT2D eigenvalue weighted by Gasteiger charge is 2.35. The van der Waals surface area contributed by atoms with Gasteiger partial charge in [0.1, 0.15) is 11.6 Å². The second-order valence-electron chi connectivity index (χ2n) is 5.09. The summed E-state index contributed by atoms with van der Waals surface area (Å²) in [7, 11) is 0. The highest BCUT2D eigenvalue weighted by Crippen LogP contribution is 2.38. The Morgan fingerprint density at radius 2 is 1.95 bits per heavy atom. The monoisotopic (exact) mass is 259 g/mol. The van der Waals surface area contributed by atoms with Crippen LogP contribution in [0, 0.1) is 5.82 Å². The predicted octanol–water partition coefficient (Wildman–Crippen LogP) is 2.70. The number of pyridine rings is 1. The van der Waals surface area contributed by atoms with Crippen LogP contribution in [0.25, 0.3) is 10.9 Å². The van der Waals surface area contributed by atoms with Crippen LogP contribution in [0.5, 0.6) is 0 Å². The smallest absolute Gasteiger partial charge is 0.133 e. The number of Topliss-reactive ketones (excluding diaryl/α,β-unsaturated/α-hetero) is 1. The lowest BCUT2D eigenvalue weighted by Gasteiger charge is -2.32. The SMILES string of the molecule is O=C1CCC(O)(c2ccnc3ccc(F)cc23)CC1. The standard InChI is InChI=1S/C15H14FNO2/c16-10-1-2-14-12(9-10)13(5-8-17-14)15(19)6-3-11(18)4-7-15/h1-2,5,8-9,19H,3-4,6-7H2. The number of carbonyl (C=O) groups is 1. The largest absolute Gasteiger partial charge is 0.385 e. The van der Waals surface area contributed by atoms with Gasteiger partial charge in [0.05, 0.1) is 11.1 Å². The van der Waals surface area contributed by atoms with Crippen LogP contribution >= 0.6 is 0 Å². The number of rotatable bonds is 1. The maximum atomic E-state index is 13.4. The Morgan fingerprint density at radius 3 is 2.68 bits per heavy atom. The summed E-state index contributed by atoms with van der Waals surface area (Å²) in [6, 6.07) is 6.07. The maximum absolute atomic E-state index is 13.4. The second-order valence-corrected chi connectivity index (χ2v) is 5.09. The van der Waals surface area contributed by atoms with Crippen molar-refractivity contribution in [1.82, 2.24) is 4.98 Å². The maximum Gasteiger partial charge on any atom is 0.133 e. The molecule has 1 N–H and O–H groups in total. The van der Waals surface area contributed by atoms with Crippen LogP contribution in [0.2, 0.25) is 0 Å². The van der Waals surface area contributed by atoms with Gasteiger partial charge in [-0.3, -0.25) is 9.78 Å². The van der Waals surface area contributed by atoms with Gasteiger partial charge in [-0.25, -0.2) is 4.39 Å². The Labute approximate surface area is 110 Å². The van der Waals surface area contributed by atoms with E-state index in [1.165, 1.54) is 12.1 Å². The summed E-state index contributed by atoms with van der Waals surface area (Å²) in [6.45, 7) is 0. The highest BCUT2D eigenvalue weighted by atomic mass is 19.1. The number of aromatic nitrogens is 1.